The van der Waals surface area contributed by atoms with Gasteiger partial charge in [-0.3, -0.25) is 5.10 Å². The Balaban J connectivity index is 1.28. The first-order chi connectivity index (χ1) is 14.6. The zero-order chi connectivity index (χ0) is 20.6. The van der Waals surface area contributed by atoms with E-state index in [9.17, 15) is 4.39 Å². The van der Waals surface area contributed by atoms with E-state index < -0.39 is 0 Å². The number of rotatable bonds is 5. The lowest BCUT2D eigenvalue weighted by molar-refractivity contribution is 0.0951. The van der Waals surface area contributed by atoms with Gasteiger partial charge in [-0.15, -0.1) is 0 Å². The first kappa shape index (κ1) is 18.8. The molecule has 1 saturated carbocycles. The molecule has 1 spiro atoms. The predicted octanol–water partition coefficient (Wildman–Crippen LogP) is 4.53. The predicted molar refractivity (Wildman–Crippen MR) is 114 cm³/mol. The Morgan fingerprint density at radius 3 is 2.63 bits per heavy atom. The van der Waals surface area contributed by atoms with Crippen molar-refractivity contribution in [2.24, 2.45) is 5.41 Å². The number of nitrogens with zero attached hydrogens (tertiary/aromatic N) is 4. The van der Waals surface area contributed by atoms with Crippen LogP contribution in [0.25, 0.3) is 11.3 Å². The van der Waals surface area contributed by atoms with Gasteiger partial charge in [0.15, 0.2) is 5.82 Å². The number of anilines is 3. The number of methoxy groups -OCH3 is 1. The Kier molecular flexibility index (Phi) is 4.77. The highest BCUT2D eigenvalue weighted by molar-refractivity contribution is 5.66. The molecule has 8 heteroatoms. The molecule has 2 aromatic heterocycles. The number of ether oxygens (including phenoxy) is 1. The SMILES string of the molecule is COc1ccc(-c2cc(Nc3ccnc(N4CCC5(CCC5)CC4)n3)n[nH]2)c(F)c1. The van der Waals surface area contributed by atoms with E-state index in [1.54, 1.807) is 24.4 Å². The Hall–Kier alpha value is -3.16. The van der Waals surface area contributed by atoms with E-state index in [1.165, 1.54) is 45.3 Å². The van der Waals surface area contributed by atoms with Gasteiger partial charge in [0.05, 0.1) is 12.8 Å². The quantitative estimate of drug-likeness (QED) is 0.646. The molecule has 0 bridgehead atoms. The number of aromatic amines is 1. The number of aromatic nitrogens is 4. The van der Waals surface area contributed by atoms with Gasteiger partial charge in [-0.25, -0.2) is 9.37 Å². The fraction of sp³-hybridized carbons (Fsp3) is 0.409. The molecule has 1 aromatic carbocycles. The number of H-pyrrole nitrogens is 1. The molecule has 3 heterocycles. The van der Waals surface area contributed by atoms with Crippen molar-refractivity contribution in [2.45, 2.75) is 32.1 Å². The van der Waals surface area contributed by atoms with Gasteiger partial charge in [0.2, 0.25) is 5.95 Å². The van der Waals surface area contributed by atoms with Gasteiger partial charge in [-0.2, -0.15) is 10.1 Å². The largest absolute Gasteiger partial charge is 0.497 e. The first-order valence-electron chi connectivity index (χ1n) is 10.4. The lowest BCUT2D eigenvalue weighted by atomic mass is 9.63. The van der Waals surface area contributed by atoms with Gasteiger partial charge in [-0.05, 0) is 49.3 Å². The number of halogens is 1. The molecular formula is C22H25FN6O. The number of hydrogen-bond donors (Lipinski definition) is 2. The van der Waals surface area contributed by atoms with Gasteiger partial charge >= 0.3 is 0 Å². The van der Waals surface area contributed by atoms with E-state index in [4.69, 9.17) is 4.74 Å². The van der Waals surface area contributed by atoms with Gasteiger partial charge < -0.3 is 15.0 Å². The summed E-state index contributed by atoms with van der Waals surface area (Å²) in [6.07, 6.45) is 8.34. The zero-order valence-electron chi connectivity index (χ0n) is 17.0. The fourth-order valence-corrected chi connectivity index (χ4v) is 4.42. The van der Waals surface area contributed by atoms with Crippen molar-refractivity contribution in [2.75, 3.05) is 30.4 Å². The van der Waals surface area contributed by atoms with Crippen LogP contribution in [-0.4, -0.2) is 40.4 Å². The topological polar surface area (TPSA) is 79.0 Å². The normalized spacial score (nSPS) is 17.6. The minimum atomic E-state index is -0.372. The van der Waals surface area contributed by atoms with Crippen molar-refractivity contribution in [1.29, 1.82) is 0 Å². The summed E-state index contributed by atoms with van der Waals surface area (Å²) in [5.74, 6) is 2.08. The van der Waals surface area contributed by atoms with Crippen molar-refractivity contribution in [1.82, 2.24) is 20.2 Å². The highest BCUT2D eigenvalue weighted by atomic mass is 19.1. The van der Waals surface area contributed by atoms with Crippen LogP contribution in [0, 0.1) is 11.2 Å². The van der Waals surface area contributed by atoms with Crippen LogP contribution in [0.15, 0.2) is 36.5 Å². The smallest absolute Gasteiger partial charge is 0.227 e. The van der Waals surface area contributed by atoms with E-state index in [0.29, 0.717) is 34.1 Å². The van der Waals surface area contributed by atoms with Crippen LogP contribution in [0.2, 0.25) is 0 Å². The Bertz CT molecular complexity index is 1040. The van der Waals surface area contributed by atoms with Gasteiger partial charge in [0.1, 0.15) is 17.4 Å². The van der Waals surface area contributed by atoms with Crippen LogP contribution < -0.4 is 15.0 Å². The molecule has 0 unspecified atom stereocenters. The molecule has 7 nitrogen and oxygen atoms in total. The third-order valence-corrected chi connectivity index (χ3v) is 6.46. The molecule has 1 saturated heterocycles. The fourth-order valence-electron chi connectivity index (χ4n) is 4.42. The summed E-state index contributed by atoms with van der Waals surface area (Å²) in [6, 6.07) is 8.30. The standard InChI is InChI=1S/C22H25FN6O/c1-30-15-3-4-16(17(23)13-15)18-14-20(28-27-18)25-19-5-10-24-21(26-19)29-11-8-22(9-12-29)6-2-7-22/h3-5,10,13-14H,2,6-9,11-12H2,1H3,(H2,24,25,26,27,28). The molecule has 0 atom stereocenters. The van der Waals surface area contributed by atoms with Gasteiger partial charge in [0.25, 0.3) is 0 Å². The van der Waals surface area contributed by atoms with Crippen LogP contribution >= 0.6 is 0 Å². The van der Waals surface area contributed by atoms with E-state index in [2.05, 4.69) is 30.4 Å². The Morgan fingerprint density at radius 1 is 1.10 bits per heavy atom. The highest BCUT2D eigenvalue weighted by Crippen LogP contribution is 2.49. The Morgan fingerprint density at radius 2 is 1.93 bits per heavy atom. The van der Waals surface area contributed by atoms with E-state index in [0.717, 1.165) is 19.0 Å². The maximum absolute atomic E-state index is 14.3. The van der Waals surface area contributed by atoms with E-state index in [1.807, 2.05) is 6.07 Å². The molecule has 0 amide bonds. The minimum Gasteiger partial charge on any atom is -0.497 e. The molecule has 3 aromatic rings. The third-order valence-electron chi connectivity index (χ3n) is 6.46. The molecule has 0 radical (unpaired) electrons. The lowest BCUT2D eigenvalue weighted by Gasteiger charge is -2.48. The molecule has 30 heavy (non-hydrogen) atoms. The average molecular weight is 408 g/mol. The summed E-state index contributed by atoms with van der Waals surface area (Å²) in [6.45, 7) is 2.01. The number of piperidine rings is 1. The highest BCUT2D eigenvalue weighted by Gasteiger charge is 2.39. The van der Waals surface area contributed by atoms with E-state index in [-0.39, 0.29) is 5.82 Å². The molecule has 5 rings (SSSR count). The van der Waals surface area contributed by atoms with Crippen LogP contribution in [-0.2, 0) is 0 Å². The summed E-state index contributed by atoms with van der Waals surface area (Å²) < 4.78 is 19.4. The molecule has 2 N–H and O–H groups in total. The van der Waals surface area contributed by atoms with Crippen molar-refractivity contribution >= 4 is 17.6 Å². The molecule has 1 aliphatic carbocycles. The number of hydrogen-bond acceptors (Lipinski definition) is 6. The van der Waals surface area contributed by atoms with Crippen molar-refractivity contribution in [3.63, 3.8) is 0 Å². The third kappa shape index (κ3) is 3.58. The second kappa shape index (κ2) is 7.59. The molecule has 156 valence electrons. The summed E-state index contributed by atoms with van der Waals surface area (Å²) in [5, 5.41) is 10.3. The maximum atomic E-state index is 14.3. The van der Waals surface area contributed by atoms with Crippen molar-refractivity contribution in [3.8, 4) is 17.0 Å². The monoisotopic (exact) mass is 408 g/mol. The second-order valence-electron chi connectivity index (χ2n) is 8.22. The second-order valence-corrected chi connectivity index (χ2v) is 8.22. The molecular weight excluding hydrogens is 383 g/mol. The van der Waals surface area contributed by atoms with Crippen molar-refractivity contribution in [3.05, 3.63) is 42.3 Å². The van der Waals surface area contributed by atoms with Crippen LogP contribution in [0.4, 0.5) is 22.0 Å². The average Bonchev–Trinajstić information content (AvgIpc) is 3.21. The zero-order valence-corrected chi connectivity index (χ0v) is 17.0. The number of nitrogens with one attached hydrogen (secondary N) is 2. The Labute approximate surface area is 174 Å². The molecule has 2 fully saturated rings. The van der Waals surface area contributed by atoms with Gasteiger partial charge in [-0.1, -0.05) is 6.42 Å². The summed E-state index contributed by atoms with van der Waals surface area (Å²) in [4.78, 5) is 11.4. The minimum absolute atomic E-state index is 0.372. The summed E-state index contributed by atoms with van der Waals surface area (Å²) in [5.41, 5.74) is 1.60. The number of benzene rings is 1. The summed E-state index contributed by atoms with van der Waals surface area (Å²) >= 11 is 0. The van der Waals surface area contributed by atoms with Crippen molar-refractivity contribution < 1.29 is 9.13 Å². The van der Waals surface area contributed by atoms with Crippen LogP contribution in [0.3, 0.4) is 0 Å². The van der Waals surface area contributed by atoms with E-state index >= 15 is 0 Å². The summed E-state index contributed by atoms with van der Waals surface area (Å²) in [7, 11) is 1.51. The first-order valence-corrected chi connectivity index (χ1v) is 10.4. The lowest BCUT2D eigenvalue weighted by Crippen LogP contribution is -2.44. The van der Waals surface area contributed by atoms with Crippen LogP contribution in [0.1, 0.15) is 32.1 Å². The van der Waals surface area contributed by atoms with Gasteiger partial charge in [0, 0.05) is 37.0 Å². The molecule has 2 aliphatic rings. The maximum Gasteiger partial charge on any atom is 0.227 e. The van der Waals surface area contributed by atoms with Crippen LogP contribution in [0.5, 0.6) is 5.75 Å². The molecule has 1 aliphatic heterocycles.